The summed E-state index contributed by atoms with van der Waals surface area (Å²) in [6, 6.07) is 19.2. The summed E-state index contributed by atoms with van der Waals surface area (Å²) in [4.78, 5) is 24.6. The smallest absolute Gasteiger partial charge is 0.266 e. The van der Waals surface area contributed by atoms with Crippen molar-refractivity contribution in [3.8, 4) is 23.3 Å². The SMILES string of the molecule is COc1cc(/C=C(\C#N)C(=O)Nc2ccc(O)cc2)ccc1OCC(=O)Nc1ccc(Cl)cc1. The third-order valence-electron chi connectivity index (χ3n) is 4.48. The second kappa shape index (κ2) is 11.4. The fourth-order valence-corrected chi connectivity index (χ4v) is 2.95. The Hall–Kier alpha value is -4.48. The molecule has 0 aromatic heterocycles. The molecule has 0 fully saturated rings. The summed E-state index contributed by atoms with van der Waals surface area (Å²) < 4.78 is 10.9. The Labute approximate surface area is 201 Å². The van der Waals surface area contributed by atoms with Crippen molar-refractivity contribution in [3.05, 3.63) is 82.9 Å². The molecule has 0 aliphatic rings. The summed E-state index contributed by atoms with van der Waals surface area (Å²) in [5.41, 5.74) is 1.40. The Balaban J connectivity index is 1.66. The molecule has 3 N–H and O–H groups in total. The van der Waals surface area contributed by atoms with Gasteiger partial charge in [-0.05, 0) is 72.3 Å². The van der Waals surface area contributed by atoms with Gasteiger partial charge < -0.3 is 25.2 Å². The number of nitrogens with one attached hydrogen (secondary N) is 2. The van der Waals surface area contributed by atoms with Gasteiger partial charge in [-0.15, -0.1) is 0 Å². The van der Waals surface area contributed by atoms with Crippen molar-refractivity contribution in [3.63, 3.8) is 0 Å². The zero-order valence-corrected chi connectivity index (χ0v) is 18.8. The molecule has 0 atom stereocenters. The van der Waals surface area contributed by atoms with Gasteiger partial charge in [-0.2, -0.15) is 5.26 Å². The van der Waals surface area contributed by atoms with Crippen LogP contribution in [0.1, 0.15) is 5.56 Å². The van der Waals surface area contributed by atoms with Crippen LogP contribution in [0.4, 0.5) is 11.4 Å². The monoisotopic (exact) mass is 477 g/mol. The zero-order valence-electron chi connectivity index (χ0n) is 18.0. The molecule has 0 bridgehead atoms. The molecule has 0 saturated heterocycles. The van der Waals surface area contributed by atoms with Gasteiger partial charge in [-0.1, -0.05) is 17.7 Å². The lowest BCUT2D eigenvalue weighted by atomic mass is 10.1. The Bertz CT molecular complexity index is 1250. The van der Waals surface area contributed by atoms with Gasteiger partial charge in [-0.3, -0.25) is 9.59 Å². The van der Waals surface area contributed by atoms with Crippen LogP contribution < -0.4 is 20.1 Å². The molecule has 0 unspecified atom stereocenters. The highest BCUT2D eigenvalue weighted by molar-refractivity contribution is 6.30. The maximum atomic E-state index is 12.4. The van der Waals surface area contributed by atoms with Gasteiger partial charge in [0.05, 0.1) is 7.11 Å². The van der Waals surface area contributed by atoms with Crippen molar-refractivity contribution < 1.29 is 24.2 Å². The molecular weight excluding hydrogens is 458 g/mol. The third-order valence-corrected chi connectivity index (χ3v) is 4.73. The molecular formula is C25H20ClN3O5. The van der Waals surface area contributed by atoms with Gasteiger partial charge in [0.25, 0.3) is 11.8 Å². The minimum absolute atomic E-state index is 0.0610. The summed E-state index contributed by atoms with van der Waals surface area (Å²) in [5, 5.41) is 24.6. The predicted octanol–water partition coefficient (Wildman–Crippen LogP) is 4.62. The van der Waals surface area contributed by atoms with Crippen molar-refractivity contribution >= 4 is 40.9 Å². The van der Waals surface area contributed by atoms with Crippen LogP contribution >= 0.6 is 11.6 Å². The van der Waals surface area contributed by atoms with Crippen LogP contribution in [0.15, 0.2) is 72.3 Å². The van der Waals surface area contributed by atoms with E-state index in [1.165, 1.54) is 37.5 Å². The van der Waals surface area contributed by atoms with E-state index in [2.05, 4.69) is 10.6 Å². The van der Waals surface area contributed by atoms with E-state index in [0.29, 0.717) is 33.5 Å². The van der Waals surface area contributed by atoms with E-state index < -0.39 is 5.91 Å². The van der Waals surface area contributed by atoms with Gasteiger partial charge in [0.2, 0.25) is 0 Å². The van der Waals surface area contributed by atoms with Crippen molar-refractivity contribution in [2.24, 2.45) is 0 Å². The Morgan fingerprint density at radius 3 is 2.29 bits per heavy atom. The van der Waals surface area contributed by atoms with E-state index in [1.807, 2.05) is 6.07 Å². The summed E-state index contributed by atoms with van der Waals surface area (Å²) in [5.74, 6) is -0.273. The highest BCUT2D eigenvalue weighted by Crippen LogP contribution is 2.29. The number of rotatable bonds is 8. The van der Waals surface area contributed by atoms with Gasteiger partial charge >= 0.3 is 0 Å². The quantitative estimate of drug-likeness (QED) is 0.247. The van der Waals surface area contributed by atoms with Crippen LogP contribution in [-0.2, 0) is 9.59 Å². The number of phenols is 1. The number of methoxy groups -OCH3 is 1. The maximum Gasteiger partial charge on any atom is 0.266 e. The lowest BCUT2D eigenvalue weighted by molar-refractivity contribution is -0.118. The summed E-state index contributed by atoms with van der Waals surface area (Å²) in [6.45, 7) is -0.257. The Morgan fingerprint density at radius 1 is 1.00 bits per heavy atom. The van der Waals surface area contributed by atoms with E-state index in [0.717, 1.165) is 0 Å². The minimum Gasteiger partial charge on any atom is -0.508 e. The summed E-state index contributed by atoms with van der Waals surface area (Å²) in [6.07, 6.45) is 1.40. The van der Waals surface area contributed by atoms with Crippen molar-refractivity contribution in [2.45, 2.75) is 0 Å². The van der Waals surface area contributed by atoms with Crippen LogP contribution in [0.5, 0.6) is 17.2 Å². The van der Waals surface area contributed by atoms with Crippen molar-refractivity contribution in [1.29, 1.82) is 5.26 Å². The van der Waals surface area contributed by atoms with E-state index in [1.54, 1.807) is 42.5 Å². The van der Waals surface area contributed by atoms with Gasteiger partial charge in [0.15, 0.2) is 18.1 Å². The lowest BCUT2D eigenvalue weighted by Gasteiger charge is -2.12. The zero-order chi connectivity index (χ0) is 24.5. The fraction of sp³-hybridized carbons (Fsp3) is 0.0800. The molecule has 3 aromatic rings. The number of halogens is 1. The molecule has 0 aliphatic carbocycles. The Morgan fingerprint density at radius 2 is 1.65 bits per heavy atom. The first kappa shape index (κ1) is 24.2. The Kier molecular flexibility index (Phi) is 8.11. The second-order valence-electron chi connectivity index (χ2n) is 6.92. The molecule has 0 spiro atoms. The number of nitriles is 1. The molecule has 9 heteroatoms. The standard InChI is InChI=1S/C25H20ClN3O5/c1-33-23-13-16(12-17(14-27)25(32)29-20-7-9-21(30)10-8-20)2-11-22(23)34-15-24(31)28-19-5-3-18(26)4-6-19/h2-13,30H,15H2,1H3,(H,28,31)(H,29,32)/b17-12+. The molecule has 0 radical (unpaired) electrons. The van der Waals surface area contributed by atoms with Gasteiger partial charge in [-0.25, -0.2) is 0 Å². The van der Waals surface area contributed by atoms with Crippen LogP contribution in [0.3, 0.4) is 0 Å². The first-order valence-electron chi connectivity index (χ1n) is 9.96. The summed E-state index contributed by atoms with van der Waals surface area (Å²) in [7, 11) is 1.44. The first-order chi connectivity index (χ1) is 16.4. The molecule has 34 heavy (non-hydrogen) atoms. The number of amides is 2. The predicted molar refractivity (Wildman–Crippen MR) is 129 cm³/mol. The topological polar surface area (TPSA) is 121 Å². The molecule has 0 heterocycles. The van der Waals surface area contributed by atoms with Crippen LogP contribution in [0.2, 0.25) is 5.02 Å². The normalized spacial score (nSPS) is 10.7. The van der Waals surface area contributed by atoms with E-state index in [-0.39, 0.29) is 23.8 Å². The molecule has 0 saturated carbocycles. The highest BCUT2D eigenvalue weighted by Gasteiger charge is 2.12. The number of anilines is 2. The lowest BCUT2D eigenvalue weighted by Crippen LogP contribution is -2.20. The van der Waals surface area contributed by atoms with Gasteiger partial charge in [0.1, 0.15) is 17.4 Å². The third kappa shape index (κ3) is 6.76. The molecule has 3 rings (SSSR count). The van der Waals surface area contributed by atoms with Gasteiger partial charge in [0, 0.05) is 16.4 Å². The molecule has 3 aromatic carbocycles. The fourth-order valence-electron chi connectivity index (χ4n) is 2.83. The summed E-state index contributed by atoms with van der Waals surface area (Å²) >= 11 is 5.83. The van der Waals surface area contributed by atoms with E-state index in [9.17, 15) is 20.0 Å². The molecule has 2 amide bonds. The maximum absolute atomic E-state index is 12.4. The number of carbonyl (C=O) groups is 2. The average molecular weight is 478 g/mol. The number of hydrogen-bond donors (Lipinski definition) is 3. The van der Waals surface area contributed by atoms with Crippen LogP contribution in [0.25, 0.3) is 6.08 Å². The van der Waals surface area contributed by atoms with E-state index >= 15 is 0 Å². The minimum atomic E-state index is -0.605. The second-order valence-corrected chi connectivity index (χ2v) is 7.36. The molecule has 8 nitrogen and oxygen atoms in total. The number of benzene rings is 3. The average Bonchev–Trinajstić information content (AvgIpc) is 2.84. The largest absolute Gasteiger partial charge is 0.508 e. The highest BCUT2D eigenvalue weighted by atomic mass is 35.5. The van der Waals surface area contributed by atoms with Crippen LogP contribution in [-0.4, -0.2) is 30.6 Å². The molecule has 172 valence electrons. The van der Waals surface area contributed by atoms with Crippen molar-refractivity contribution in [1.82, 2.24) is 0 Å². The first-order valence-corrected chi connectivity index (χ1v) is 10.3. The number of carbonyl (C=O) groups excluding carboxylic acids is 2. The number of phenolic OH excluding ortho intramolecular Hbond substituents is 1. The number of ether oxygens (including phenoxy) is 2. The van der Waals surface area contributed by atoms with Crippen molar-refractivity contribution in [2.75, 3.05) is 24.4 Å². The van der Waals surface area contributed by atoms with E-state index in [4.69, 9.17) is 21.1 Å². The van der Waals surface area contributed by atoms with Crippen LogP contribution in [0, 0.1) is 11.3 Å². The number of hydrogen-bond acceptors (Lipinski definition) is 6. The number of nitrogens with zero attached hydrogens (tertiary/aromatic N) is 1. The molecule has 0 aliphatic heterocycles. The number of aromatic hydroxyl groups is 1.